The maximum absolute atomic E-state index is 11.2. The molecule has 4 saturated carbocycles. The third-order valence-corrected chi connectivity index (χ3v) is 8.29. The second-order valence-corrected chi connectivity index (χ2v) is 10.8. The zero-order valence-electron chi connectivity index (χ0n) is 20.3. The number of carboxylic acids is 1. The summed E-state index contributed by atoms with van der Waals surface area (Å²) in [5, 5.41) is 13.4. The minimum Gasteiger partial charge on any atom is -0.478 e. The van der Waals surface area contributed by atoms with E-state index in [1.807, 2.05) is 19.2 Å². The van der Waals surface area contributed by atoms with Gasteiger partial charge in [-0.05, 0) is 104 Å². The summed E-state index contributed by atoms with van der Waals surface area (Å²) in [5.74, 6) is 3.17. The highest BCUT2D eigenvalue weighted by molar-refractivity contribution is 5.88. The Bertz CT molecular complexity index is 1300. The number of aromatic carboxylic acids is 1. The first-order valence-electron chi connectivity index (χ1n) is 12.5. The van der Waals surface area contributed by atoms with E-state index in [1.54, 1.807) is 17.0 Å². The molecule has 36 heavy (non-hydrogen) atoms. The van der Waals surface area contributed by atoms with Crippen LogP contribution in [-0.2, 0) is 5.41 Å². The molecule has 2 aromatic carbocycles. The van der Waals surface area contributed by atoms with Crippen LogP contribution in [0.4, 0.5) is 0 Å². The molecule has 7 nitrogen and oxygen atoms in total. The van der Waals surface area contributed by atoms with Gasteiger partial charge in [0, 0.05) is 29.8 Å². The quantitative estimate of drug-likeness (QED) is 0.272. The molecule has 7 heteroatoms. The van der Waals surface area contributed by atoms with Gasteiger partial charge in [-0.15, -0.1) is 0 Å². The first-order chi connectivity index (χ1) is 17.4. The predicted octanol–water partition coefficient (Wildman–Crippen LogP) is 5.43. The van der Waals surface area contributed by atoms with Crippen LogP contribution < -0.4 is 4.74 Å². The van der Waals surface area contributed by atoms with Crippen molar-refractivity contribution >= 4 is 5.97 Å². The van der Waals surface area contributed by atoms with E-state index in [0.29, 0.717) is 24.0 Å². The van der Waals surface area contributed by atoms with Crippen LogP contribution in [0, 0.1) is 30.2 Å². The SMILES string of the molecule is C#CN(C)COc1ccc(-c2noc(-c3ccc(C(=O)O)cc3)n2)cc1C12CC3CC(CC(C3)C1)C2. The van der Waals surface area contributed by atoms with Crippen LogP contribution in [-0.4, -0.2) is 39.9 Å². The third kappa shape index (κ3) is 4.01. The summed E-state index contributed by atoms with van der Waals surface area (Å²) in [7, 11) is 1.84. The number of rotatable bonds is 7. The number of terminal acetylenes is 1. The number of ether oxygens (including phenoxy) is 1. The topological polar surface area (TPSA) is 88.7 Å². The normalized spacial score (nSPS) is 25.9. The van der Waals surface area contributed by atoms with Crippen molar-refractivity contribution in [2.45, 2.75) is 43.9 Å². The van der Waals surface area contributed by atoms with Crippen molar-refractivity contribution in [1.82, 2.24) is 15.0 Å². The van der Waals surface area contributed by atoms with Gasteiger partial charge in [0.2, 0.25) is 5.82 Å². The lowest BCUT2D eigenvalue weighted by Gasteiger charge is -2.57. The largest absolute Gasteiger partial charge is 0.478 e. The van der Waals surface area contributed by atoms with E-state index in [2.05, 4.69) is 22.3 Å². The molecule has 0 unspecified atom stereocenters. The first kappa shape index (κ1) is 22.7. The lowest BCUT2D eigenvalue weighted by molar-refractivity contribution is -0.00670. The Morgan fingerprint density at radius 2 is 1.75 bits per heavy atom. The fraction of sp³-hybridized carbons (Fsp3) is 0.414. The van der Waals surface area contributed by atoms with Gasteiger partial charge in [0.25, 0.3) is 5.89 Å². The van der Waals surface area contributed by atoms with Crippen LogP contribution in [0.3, 0.4) is 0 Å². The second-order valence-electron chi connectivity index (χ2n) is 10.8. The molecule has 1 aromatic heterocycles. The van der Waals surface area contributed by atoms with E-state index < -0.39 is 5.97 Å². The number of carbonyl (C=O) groups is 1. The van der Waals surface area contributed by atoms with Gasteiger partial charge in [0.15, 0.2) is 6.73 Å². The fourth-order valence-electron chi connectivity index (χ4n) is 7.07. The van der Waals surface area contributed by atoms with Crippen LogP contribution in [0.2, 0.25) is 0 Å². The van der Waals surface area contributed by atoms with E-state index in [-0.39, 0.29) is 11.0 Å². The van der Waals surface area contributed by atoms with Crippen LogP contribution in [0.5, 0.6) is 5.75 Å². The van der Waals surface area contributed by atoms with Crippen molar-refractivity contribution < 1.29 is 19.2 Å². The number of aromatic nitrogens is 2. The van der Waals surface area contributed by atoms with E-state index in [1.165, 1.54) is 56.2 Å². The van der Waals surface area contributed by atoms with Crippen LogP contribution in [0.15, 0.2) is 47.0 Å². The van der Waals surface area contributed by atoms with Crippen molar-refractivity contribution in [1.29, 1.82) is 0 Å². The summed E-state index contributed by atoms with van der Waals surface area (Å²) in [5.41, 5.74) is 3.13. The minimum atomic E-state index is -0.972. The maximum Gasteiger partial charge on any atom is 0.335 e. The molecular weight excluding hydrogens is 454 g/mol. The summed E-state index contributed by atoms with van der Waals surface area (Å²) in [6.07, 6.45) is 13.2. The van der Waals surface area contributed by atoms with E-state index in [0.717, 1.165) is 29.1 Å². The summed E-state index contributed by atoms with van der Waals surface area (Å²) < 4.78 is 11.8. The van der Waals surface area contributed by atoms with E-state index >= 15 is 0 Å². The van der Waals surface area contributed by atoms with E-state index in [4.69, 9.17) is 20.8 Å². The summed E-state index contributed by atoms with van der Waals surface area (Å²) in [6.45, 7) is 0.327. The van der Waals surface area contributed by atoms with E-state index in [9.17, 15) is 4.79 Å². The Morgan fingerprint density at radius 1 is 1.11 bits per heavy atom. The average Bonchev–Trinajstić information content (AvgIpc) is 3.37. The number of benzene rings is 2. The highest BCUT2D eigenvalue weighted by atomic mass is 16.5. The molecule has 7 rings (SSSR count). The van der Waals surface area contributed by atoms with Gasteiger partial charge < -0.3 is 19.3 Å². The molecule has 0 spiro atoms. The summed E-state index contributed by atoms with van der Waals surface area (Å²) in [6, 6.07) is 15.2. The van der Waals surface area contributed by atoms with Crippen molar-refractivity contribution in [3.8, 4) is 41.1 Å². The molecular formula is C29H29N3O4. The number of nitrogens with zero attached hydrogens (tertiary/aromatic N) is 3. The molecule has 1 N–H and O–H groups in total. The molecule has 4 fully saturated rings. The van der Waals surface area contributed by atoms with Gasteiger partial charge in [0.05, 0.1) is 5.56 Å². The Kier molecular flexibility index (Phi) is 5.48. The first-order valence-corrected chi connectivity index (χ1v) is 12.5. The Balaban J connectivity index is 1.35. The van der Waals surface area contributed by atoms with Crippen LogP contribution in [0.1, 0.15) is 54.4 Å². The highest BCUT2D eigenvalue weighted by Crippen LogP contribution is 2.62. The Labute approximate surface area is 210 Å². The zero-order chi connectivity index (χ0) is 24.9. The number of hydrogen-bond acceptors (Lipinski definition) is 6. The minimum absolute atomic E-state index is 0.119. The van der Waals surface area contributed by atoms with Crippen LogP contribution >= 0.6 is 0 Å². The van der Waals surface area contributed by atoms with Crippen molar-refractivity contribution in [3.63, 3.8) is 0 Å². The molecule has 3 aromatic rings. The molecule has 0 aliphatic heterocycles. The summed E-state index contributed by atoms with van der Waals surface area (Å²) in [4.78, 5) is 17.5. The zero-order valence-corrected chi connectivity index (χ0v) is 20.3. The summed E-state index contributed by atoms with van der Waals surface area (Å²) >= 11 is 0. The lowest BCUT2D eigenvalue weighted by Crippen LogP contribution is -2.48. The van der Waals surface area contributed by atoms with Crippen molar-refractivity contribution in [3.05, 3.63) is 53.6 Å². The molecule has 1 heterocycles. The molecule has 4 aliphatic rings. The monoisotopic (exact) mass is 483 g/mol. The molecule has 4 bridgehead atoms. The molecule has 4 aliphatic carbocycles. The fourth-order valence-corrected chi connectivity index (χ4v) is 7.07. The predicted molar refractivity (Wildman–Crippen MR) is 134 cm³/mol. The van der Waals surface area contributed by atoms with Gasteiger partial charge in [-0.3, -0.25) is 0 Å². The lowest BCUT2D eigenvalue weighted by atomic mass is 9.48. The third-order valence-electron chi connectivity index (χ3n) is 8.29. The molecule has 0 radical (unpaired) electrons. The Hall–Kier alpha value is -3.79. The maximum atomic E-state index is 11.2. The van der Waals surface area contributed by atoms with Crippen molar-refractivity contribution in [2.75, 3.05) is 13.8 Å². The average molecular weight is 484 g/mol. The van der Waals surface area contributed by atoms with Gasteiger partial charge in [0.1, 0.15) is 5.75 Å². The second kappa shape index (κ2) is 8.70. The molecule has 0 atom stereocenters. The van der Waals surface area contributed by atoms with Crippen molar-refractivity contribution in [2.24, 2.45) is 17.8 Å². The van der Waals surface area contributed by atoms with Gasteiger partial charge in [-0.1, -0.05) is 11.6 Å². The van der Waals surface area contributed by atoms with Gasteiger partial charge >= 0.3 is 5.97 Å². The number of hydrogen-bond donors (Lipinski definition) is 1. The molecule has 0 amide bonds. The highest BCUT2D eigenvalue weighted by Gasteiger charge is 2.52. The Morgan fingerprint density at radius 3 is 2.36 bits per heavy atom. The van der Waals surface area contributed by atoms with Crippen LogP contribution in [0.25, 0.3) is 22.8 Å². The smallest absolute Gasteiger partial charge is 0.335 e. The number of carboxylic acid groups (broad SMARTS) is 1. The standard InChI is InChI=1S/C29H29N3O4/c1-3-32(2)17-35-25-9-8-23(13-24(25)29-14-18-10-19(15-29)12-20(11-18)16-29)26-30-27(36-31-26)21-4-6-22(7-5-21)28(33)34/h1,4-9,13,18-20H,10-12,14-17H2,2H3,(H,33,34). The van der Waals surface area contributed by atoms with Gasteiger partial charge in [-0.2, -0.15) is 4.98 Å². The molecule has 0 saturated heterocycles. The van der Waals surface area contributed by atoms with Gasteiger partial charge in [-0.25, -0.2) is 4.79 Å². The molecule has 184 valence electrons.